The van der Waals surface area contributed by atoms with E-state index in [1.807, 2.05) is 18.3 Å². The maximum absolute atomic E-state index is 14.9. The number of aryl methyl sites for hydroxylation is 1. The average Bonchev–Trinajstić information content (AvgIpc) is 3.44. The molecule has 6 heteroatoms. The summed E-state index contributed by atoms with van der Waals surface area (Å²) < 4.78 is 44.2. The Labute approximate surface area is 256 Å². The molecule has 44 heavy (non-hydrogen) atoms. The molecule has 0 radical (unpaired) electrons. The van der Waals surface area contributed by atoms with E-state index in [2.05, 4.69) is 53.5 Å². The molecular weight excluding hydrogens is 567 g/mol. The molecule has 2 heterocycles. The van der Waals surface area contributed by atoms with Gasteiger partial charge in [0.05, 0.1) is 10.4 Å². The Hall–Kier alpha value is -4.81. The van der Waals surface area contributed by atoms with Crippen LogP contribution in [0, 0.1) is 5.82 Å². The van der Waals surface area contributed by atoms with Gasteiger partial charge in [-0.1, -0.05) is 72.8 Å². The highest BCUT2D eigenvalue weighted by Gasteiger charge is 2.34. The molecule has 2 aliphatic carbocycles. The Morgan fingerprint density at radius 3 is 2.55 bits per heavy atom. The number of hydrogen-bond donors (Lipinski definition) is 0. The lowest BCUT2D eigenvalue weighted by molar-refractivity contribution is 0.587. The monoisotopic (exact) mass is 596 g/mol. The summed E-state index contributed by atoms with van der Waals surface area (Å²) in [6, 6.07) is 29.8. The molecule has 2 atom stereocenters. The molecule has 0 aliphatic heterocycles. The Kier molecular flexibility index (Phi) is 6.35. The molecule has 0 fully saturated rings. The van der Waals surface area contributed by atoms with Crippen molar-refractivity contribution in [1.29, 1.82) is 0 Å². The molecule has 0 bridgehead atoms. The van der Waals surface area contributed by atoms with Gasteiger partial charge in [0.2, 0.25) is 0 Å². The van der Waals surface area contributed by atoms with E-state index in [9.17, 15) is 12.8 Å². The van der Waals surface area contributed by atoms with Crippen LogP contribution in [0.3, 0.4) is 0 Å². The number of halogens is 1. The van der Waals surface area contributed by atoms with Gasteiger partial charge in [0.15, 0.2) is 0 Å². The van der Waals surface area contributed by atoms with Gasteiger partial charge < -0.3 is 0 Å². The Balaban J connectivity index is 1.35. The minimum Gasteiger partial charge on any atom is -0.264 e. The second-order valence-electron chi connectivity index (χ2n) is 11.6. The fraction of sp³-hybridized carbons (Fsp3) is 0.132. The van der Waals surface area contributed by atoms with Crippen molar-refractivity contribution in [1.82, 2.24) is 8.96 Å². The highest BCUT2D eigenvalue weighted by Crippen LogP contribution is 2.49. The zero-order chi connectivity index (χ0) is 29.8. The maximum Gasteiger partial charge on any atom is 0.268 e. The van der Waals surface area contributed by atoms with Crippen LogP contribution in [-0.2, 0) is 22.9 Å². The number of allylic oxidation sites excluding steroid dienone is 1. The van der Waals surface area contributed by atoms with Crippen LogP contribution < -0.4 is 0 Å². The Morgan fingerprint density at radius 2 is 1.70 bits per heavy atom. The van der Waals surface area contributed by atoms with E-state index in [0.29, 0.717) is 10.9 Å². The number of benzene rings is 4. The molecule has 0 saturated heterocycles. The number of rotatable bonds is 5. The second-order valence-corrected chi connectivity index (χ2v) is 13.4. The van der Waals surface area contributed by atoms with Crippen LogP contribution in [-0.4, -0.2) is 17.4 Å². The quantitative estimate of drug-likeness (QED) is 0.201. The number of aromatic nitrogens is 2. The number of nitrogens with zero attached hydrogens (tertiary/aromatic N) is 2. The van der Waals surface area contributed by atoms with Gasteiger partial charge in [-0.25, -0.2) is 16.8 Å². The molecule has 2 aromatic heterocycles. The minimum atomic E-state index is -3.94. The number of pyridine rings is 1. The van der Waals surface area contributed by atoms with Crippen molar-refractivity contribution < 1.29 is 12.8 Å². The molecule has 8 rings (SSSR count). The molecule has 4 nitrogen and oxygen atoms in total. The van der Waals surface area contributed by atoms with Crippen molar-refractivity contribution in [3.05, 3.63) is 161 Å². The van der Waals surface area contributed by atoms with Crippen molar-refractivity contribution in [3.63, 3.8) is 0 Å². The van der Waals surface area contributed by atoms with Gasteiger partial charge >= 0.3 is 0 Å². The van der Waals surface area contributed by atoms with Crippen LogP contribution in [0.15, 0.2) is 127 Å². The SMILES string of the molecule is O=S(=O)(c1ccccc1)n1cc(C(c2cccnc2)C2CC=Cc3c2ccc2c3CCc3ccccc3-2)c2cc(F)ccc21. The molecular formula is C38H29FN2O2S. The smallest absolute Gasteiger partial charge is 0.264 e. The molecule has 0 amide bonds. The summed E-state index contributed by atoms with van der Waals surface area (Å²) in [7, 11) is -3.94. The molecule has 6 aromatic rings. The van der Waals surface area contributed by atoms with E-state index in [1.165, 1.54) is 49.5 Å². The highest BCUT2D eigenvalue weighted by atomic mass is 32.2. The average molecular weight is 597 g/mol. The third kappa shape index (κ3) is 4.24. The standard InChI is InChI=1S/C38H29FN2O2S/c39-27-16-20-37-35(22-27)36(24-41(37)44(42,43)28-10-2-1-3-11-28)38(26-9-7-21-40-23-26)34-14-6-13-30-32-17-15-25-8-4-5-12-29(25)31(32)18-19-33(30)34/h1-13,16,18-24,34,38H,14-15,17H2. The summed E-state index contributed by atoms with van der Waals surface area (Å²) in [6.07, 6.45) is 12.5. The zero-order valence-corrected chi connectivity index (χ0v) is 24.7. The van der Waals surface area contributed by atoms with Gasteiger partial charge in [-0.2, -0.15) is 0 Å². The molecule has 216 valence electrons. The lowest BCUT2D eigenvalue weighted by Gasteiger charge is -2.33. The van der Waals surface area contributed by atoms with E-state index in [1.54, 1.807) is 48.8 Å². The van der Waals surface area contributed by atoms with Gasteiger partial charge in [0.25, 0.3) is 10.0 Å². The van der Waals surface area contributed by atoms with Gasteiger partial charge in [-0.3, -0.25) is 4.98 Å². The zero-order valence-electron chi connectivity index (χ0n) is 23.9. The number of hydrogen-bond acceptors (Lipinski definition) is 3. The van der Waals surface area contributed by atoms with Crippen LogP contribution in [0.2, 0.25) is 0 Å². The summed E-state index contributed by atoms with van der Waals surface area (Å²) in [6.45, 7) is 0. The molecule has 0 saturated carbocycles. The van der Waals surface area contributed by atoms with Crippen molar-refractivity contribution in [3.8, 4) is 11.1 Å². The van der Waals surface area contributed by atoms with Crippen LogP contribution in [0.25, 0.3) is 28.1 Å². The van der Waals surface area contributed by atoms with Crippen LogP contribution in [0.5, 0.6) is 0 Å². The van der Waals surface area contributed by atoms with Crippen molar-refractivity contribution >= 4 is 27.0 Å². The van der Waals surface area contributed by atoms with Crippen LogP contribution in [0.1, 0.15) is 51.6 Å². The normalized spacial score (nSPS) is 16.2. The maximum atomic E-state index is 14.9. The third-order valence-electron chi connectivity index (χ3n) is 9.26. The van der Waals surface area contributed by atoms with Gasteiger partial charge in [0, 0.05) is 29.9 Å². The summed E-state index contributed by atoms with van der Waals surface area (Å²) in [5.41, 5.74) is 9.95. The van der Waals surface area contributed by atoms with Crippen LogP contribution >= 0.6 is 0 Å². The predicted molar refractivity (Wildman–Crippen MR) is 173 cm³/mol. The third-order valence-corrected chi connectivity index (χ3v) is 10.9. The van der Waals surface area contributed by atoms with Gasteiger partial charge in [-0.05, 0) is 106 Å². The van der Waals surface area contributed by atoms with Crippen molar-refractivity contribution in [2.75, 3.05) is 0 Å². The second kappa shape index (κ2) is 10.4. The minimum absolute atomic E-state index is 0.0107. The largest absolute Gasteiger partial charge is 0.268 e. The molecule has 0 N–H and O–H groups in total. The first-order valence-corrected chi connectivity index (χ1v) is 16.4. The van der Waals surface area contributed by atoms with Crippen LogP contribution in [0.4, 0.5) is 4.39 Å². The predicted octanol–water partition coefficient (Wildman–Crippen LogP) is 8.51. The Bertz CT molecular complexity index is 2190. The van der Waals surface area contributed by atoms with E-state index in [0.717, 1.165) is 30.4 Å². The first-order chi connectivity index (χ1) is 21.5. The first-order valence-electron chi connectivity index (χ1n) is 14.9. The molecule has 2 unspecified atom stereocenters. The summed E-state index contributed by atoms with van der Waals surface area (Å²) in [5.74, 6) is -0.684. The molecule has 2 aliphatic rings. The van der Waals surface area contributed by atoms with Crippen molar-refractivity contribution in [2.24, 2.45) is 0 Å². The summed E-state index contributed by atoms with van der Waals surface area (Å²) in [5, 5.41) is 0.585. The molecule has 0 spiro atoms. The highest BCUT2D eigenvalue weighted by molar-refractivity contribution is 7.90. The molecule has 4 aromatic carbocycles. The summed E-state index contributed by atoms with van der Waals surface area (Å²) in [4.78, 5) is 4.64. The lowest BCUT2D eigenvalue weighted by Crippen LogP contribution is -2.18. The van der Waals surface area contributed by atoms with Gasteiger partial charge in [-0.15, -0.1) is 0 Å². The van der Waals surface area contributed by atoms with E-state index in [-0.39, 0.29) is 16.7 Å². The van der Waals surface area contributed by atoms with E-state index >= 15 is 0 Å². The topological polar surface area (TPSA) is 52.0 Å². The van der Waals surface area contributed by atoms with E-state index < -0.39 is 15.8 Å². The van der Waals surface area contributed by atoms with E-state index in [4.69, 9.17) is 0 Å². The van der Waals surface area contributed by atoms with Crippen molar-refractivity contribution in [2.45, 2.75) is 36.0 Å². The van der Waals surface area contributed by atoms with Gasteiger partial charge in [0.1, 0.15) is 5.82 Å². The Morgan fingerprint density at radius 1 is 0.864 bits per heavy atom. The summed E-state index contributed by atoms with van der Waals surface area (Å²) >= 11 is 0. The number of fused-ring (bicyclic) bond motifs is 6. The fourth-order valence-electron chi connectivity index (χ4n) is 7.30. The first kappa shape index (κ1) is 26.8. The fourth-order valence-corrected chi connectivity index (χ4v) is 8.70. The lowest BCUT2D eigenvalue weighted by atomic mass is 9.70.